The van der Waals surface area contributed by atoms with Gasteiger partial charge in [-0.2, -0.15) is 0 Å². The Bertz CT molecular complexity index is 1870. The fraction of sp³-hybridized carbons (Fsp3) is 0.318. The summed E-state index contributed by atoms with van der Waals surface area (Å²) in [5.41, 5.74) is 10.4. The predicted molar refractivity (Wildman–Crippen MR) is 203 cm³/mol. The molecule has 1 aliphatic rings. The van der Waals surface area contributed by atoms with Crippen LogP contribution in [0, 0.1) is 17.8 Å². The molecule has 9 nitrogen and oxygen atoms in total. The summed E-state index contributed by atoms with van der Waals surface area (Å²) < 4.78 is 0. The van der Waals surface area contributed by atoms with E-state index in [1.54, 1.807) is 0 Å². The first-order valence-corrected chi connectivity index (χ1v) is 18.3. The van der Waals surface area contributed by atoms with Crippen molar-refractivity contribution in [3.05, 3.63) is 132 Å². The SMILES string of the molecule is CC(NC(=O)C(CC(=O)Cc1ccccc1)Cc1ccccc1)C(=O)C(=O)NC(CC1CC1)C(=O)CC(Cc1ccc(-c2ccccc2)cc1)C(N)=O. The van der Waals surface area contributed by atoms with Gasteiger partial charge in [0.1, 0.15) is 5.78 Å². The smallest absolute Gasteiger partial charge is 0.290 e. The van der Waals surface area contributed by atoms with Gasteiger partial charge in [-0.3, -0.25) is 28.8 Å². The Hall–Kier alpha value is -5.70. The topological polar surface area (TPSA) is 152 Å². The Labute approximate surface area is 310 Å². The minimum Gasteiger partial charge on any atom is -0.369 e. The molecule has 1 aliphatic carbocycles. The number of ketones is 3. The van der Waals surface area contributed by atoms with E-state index >= 15 is 0 Å². The Kier molecular flexibility index (Phi) is 13.6. The molecular formula is C44H47N3O6. The van der Waals surface area contributed by atoms with Crippen molar-refractivity contribution in [2.75, 3.05) is 0 Å². The summed E-state index contributed by atoms with van der Waals surface area (Å²) in [7, 11) is 0. The van der Waals surface area contributed by atoms with E-state index < -0.39 is 47.4 Å². The summed E-state index contributed by atoms with van der Waals surface area (Å²) in [5.74, 6) is -4.89. The molecule has 4 N–H and O–H groups in total. The number of Topliss-reactive ketones (excluding diaryl/α,β-unsaturated/α-hetero) is 3. The van der Waals surface area contributed by atoms with Gasteiger partial charge in [-0.25, -0.2) is 0 Å². The quantitative estimate of drug-likeness (QED) is 0.105. The van der Waals surface area contributed by atoms with Gasteiger partial charge in [-0.05, 0) is 59.9 Å². The van der Waals surface area contributed by atoms with Crippen LogP contribution < -0.4 is 16.4 Å². The Balaban J connectivity index is 1.19. The number of hydrogen-bond donors (Lipinski definition) is 3. The van der Waals surface area contributed by atoms with Crippen LogP contribution in [0.5, 0.6) is 0 Å². The average Bonchev–Trinajstić information content (AvgIpc) is 3.99. The fourth-order valence-electron chi connectivity index (χ4n) is 6.51. The zero-order valence-corrected chi connectivity index (χ0v) is 30.0. The summed E-state index contributed by atoms with van der Waals surface area (Å²) in [6.07, 6.45) is 2.61. The minimum absolute atomic E-state index is 0.0428. The summed E-state index contributed by atoms with van der Waals surface area (Å²) in [4.78, 5) is 79.3. The summed E-state index contributed by atoms with van der Waals surface area (Å²) >= 11 is 0. The van der Waals surface area contributed by atoms with Gasteiger partial charge in [0.15, 0.2) is 5.78 Å². The number of benzene rings is 4. The second-order valence-electron chi connectivity index (χ2n) is 14.1. The lowest BCUT2D eigenvalue weighted by Crippen LogP contribution is -2.51. The average molecular weight is 714 g/mol. The molecule has 3 amide bonds. The van der Waals surface area contributed by atoms with Crippen LogP contribution in [0.3, 0.4) is 0 Å². The molecule has 4 atom stereocenters. The molecule has 4 aromatic rings. The van der Waals surface area contributed by atoms with Crippen molar-refractivity contribution in [3.8, 4) is 11.1 Å². The first-order chi connectivity index (χ1) is 25.5. The molecular weight excluding hydrogens is 666 g/mol. The molecule has 0 aromatic heterocycles. The van der Waals surface area contributed by atoms with Crippen LogP contribution in [0.1, 0.15) is 55.7 Å². The normalized spacial score (nSPS) is 14.6. The number of carbonyl (C=O) groups excluding carboxylic acids is 6. The third-order valence-electron chi connectivity index (χ3n) is 9.74. The number of primary amides is 1. The van der Waals surface area contributed by atoms with E-state index in [2.05, 4.69) is 10.6 Å². The largest absolute Gasteiger partial charge is 0.369 e. The molecule has 5 rings (SSSR count). The van der Waals surface area contributed by atoms with Gasteiger partial charge in [-0.1, -0.05) is 128 Å². The molecule has 0 spiro atoms. The number of nitrogens with one attached hydrogen (secondary N) is 2. The van der Waals surface area contributed by atoms with Crippen LogP contribution >= 0.6 is 0 Å². The molecule has 0 radical (unpaired) electrons. The number of carbonyl (C=O) groups is 6. The lowest BCUT2D eigenvalue weighted by molar-refractivity contribution is -0.141. The third kappa shape index (κ3) is 11.9. The molecule has 4 aromatic carbocycles. The molecule has 9 heteroatoms. The van der Waals surface area contributed by atoms with E-state index in [1.165, 1.54) is 6.92 Å². The van der Waals surface area contributed by atoms with Crippen LogP contribution in [0.25, 0.3) is 11.1 Å². The Morgan fingerprint density at radius 2 is 1.17 bits per heavy atom. The maximum Gasteiger partial charge on any atom is 0.290 e. The Morgan fingerprint density at radius 1 is 0.642 bits per heavy atom. The standard InChI is InChI=1S/C44H47N3O6/c1-29(46-43(52)37(24-30-11-5-2-6-12-30)27-38(48)25-31-13-7-3-8-14-31)41(50)44(53)47-39(26-33-17-18-33)40(49)28-36(42(45)51)23-32-19-21-35(22-20-32)34-15-9-4-10-16-34/h2-16,19-22,29,33,36-37,39H,17-18,23-28H2,1H3,(H2,45,51)(H,46,52)(H,47,53). The van der Waals surface area contributed by atoms with Gasteiger partial charge in [0.2, 0.25) is 17.6 Å². The molecule has 1 fully saturated rings. The second kappa shape index (κ2) is 18.7. The highest BCUT2D eigenvalue weighted by Gasteiger charge is 2.35. The number of hydrogen-bond acceptors (Lipinski definition) is 6. The molecule has 0 bridgehead atoms. The van der Waals surface area contributed by atoms with Crippen LogP contribution in [0.2, 0.25) is 0 Å². The van der Waals surface area contributed by atoms with Crippen molar-refractivity contribution >= 4 is 35.1 Å². The van der Waals surface area contributed by atoms with Gasteiger partial charge in [0, 0.05) is 31.1 Å². The maximum absolute atomic E-state index is 13.6. The monoisotopic (exact) mass is 713 g/mol. The molecule has 0 saturated heterocycles. The fourth-order valence-corrected chi connectivity index (χ4v) is 6.51. The molecule has 274 valence electrons. The summed E-state index contributed by atoms with van der Waals surface area (Å²) in [5, 5.41) is 5.26. The van der Waals surface area contributed by atoms with Gasteiger partial charge in [0.05, 0.1) is 12.1 Å². The predicted octanol–water partition coefficient (Wildman–Crippen LogP) is 5.38. The molecule has 53 heavy (non-hydrogen) atoms. The third-order valence-corrected chi connectivity index (χ3v) is 9.74. The van der Waals surface area contributed by atoms with Crippen molar-refractivity contribution in [2.45, 2.75) is 70.4 Å². The van der Waals surface area contributed by atoms with Crippen LogP contribution in [0.15, 0.2) is 115 Å². The highest BCUT2D eigenvalue weighted by atomic mass is 16.2. The van der Waals surface area contributed by atoms with Crippen molar-refractivity contribution in [3.63, 3.8) is 0 Å². The lowest BCUT2D eigenvalue weighted by atomic mass is 9.89. The number of amides is 3. The maximum atomic E-state index is 13.6. The van der Waals surface area contributed by atoms with Gasteiger partial charge in [0.25, 0.3) is 5.91 Å². The van der Waals surface area contributed by atoms with Gasteiger partial charge >= 0.3 is 0 Å². The zero-order chi connectivity index (χ0) is 37.7. The first kappa shape index (κ1) is 38.5. The van der Waals surface area contributed by atoms with Crippen LogP contribution in [-0.4, -0.2) is 47.2 Å². The van der Waals surface area contributed by atoms with E-state index in [0.29, 0.717) is 6.42 Å². The van der Waals surface area contributed by atoms with E-state index in [1.807, 2.05) is 115 Å². The van der Waals surface area contributed by atoms with Crippen LogP contribution in [0.4, 0.5) is 0 Å². The van der Waals surface area contributed by atoms with Crippen molar-refractivity contribution in [2.24, 2.45) is 23.5 Å². The van der Waals surface area contributed by atoms with Crippen molar-refractivity contribution in [1.29, 1.82) is 0 Å². The highest BCUT2D eigenvalue weighted by Crippen LogP contribution is 2.34. The zero-order valence-electron chi connectivity index (χ0n) is 30.0. The number of nitrogens with two attached hydrogens (primary N) is 1. The van der Waals surface area contributed by atoms with E-state index in [9.17, 15) is 28.8 Å². The summed E-state index contributed by atoms with van der Waals surface area (Å²) in [6, 6.07) is 34.0. The Morgan fingerprint density at radius 3 is 1.75 bits per heavy atom. The van der Waals surface area contributed by atoms with Gasteiger partial charge < -0.3 is 16.4 Å². The van der Waals surface area contributed by atoms with Gasteiger partial charge in [-0.15, -0.1) is 0 Å². The molecule has 0 aliphatic heterocycles. The molecule has 1 saturated carbocycles. The van der Waals surface area contributed by atoms with E-state index in [-0.39, 0.29) is 49.6 Å². The summed E-state index contributed by atoms with van der Waals surface area (Å²) in [6.45, 7) is 1.41. The van der Waals surface area contributed by atoms with E-state index in [4.69, 9.17) is 5.73 Å². The van der Waals surface area contributed by atoms with E-state index in [0.717, 1.165) is 40.7 Å². The lowest BCUT2D eigenvalue weighted by Gasteiger charge is -2.22. The second-order valence-corrected chi connectivity index (χ2v) is 14.1. The van der Waals surface area contributed by atoms with Crippen LogP contribution in [-0.2, 0) is 48.0 Å². The minimum atomic E-state index is -1.21. The molecule has 0 heterocycles. The van der Waals surface area contributed by atoms with Crippen molar-refractivity contribution < 1.29 is 28.8 Å². The number of rotatable bonds is 20. The van der Waals surface area contributed by atoms with Crippen molar-refractivity contribution in [1.82, 2.24) is 10.6 Å². The molecule has 4 unspecified atom stereocenters. The highest BCUT2D eigenvalue weighted by molar-refractivity contribution is 6.38. The first-order valence-electron chi connectivity index (χ1n) is 18.3.